The molecule has 102 valence electrons. The number of anilines is 1. The third-order valence-electron chi connectivity index (χ3n) is 3.60. The summed E-state index contributed by atoms with van der Waals surface area (Å²) in [6.07, 6.45) is 2.19. The maximum Gasteiger partial charge on any atom is 0.253 e. The van der Waals surface area contributed by atoms with Crippen molar-refractivity contribution < 1.29 is 4.79 Å². The number of allylic oxidation sites excluding steroid dienone is 1. The summed E-state index contributed by atoms with van der Waals surface area (Å²) in [5.41, 5.74) is 6.72. The Balaban J connectivity index is 2.51. The highest BCUT2D eigenvalue weighted by Crippen LogP contribution is 2.38. The van der Waals surface area contributed by atoms with Gasteiger partial charge < -0.3 is 4.90 Å². The van der Waals surface area contributed by atoms with Crippen LogP contribution in [0, 0.1) is 6.92 Å². The molecule has 1 amide bonds. The van der Waals surface area contributed by atoms with Gasteiger partial charge >= 0.3 is 0 Å². The Labute approximate surface area is 114 Å². The van der Waals surface area contributed by atoms with E-state index in [1.54, 1.807) is 0 Å². The van der Waals surface area contributed by atoms with Crippen LogP contribution in [-0.2, 0) is 4.79 Å². The van der Waals surface area contributed by atoms with Crippen molar-refractivity contribution in [3.8, 4) is 0 Å². The van der Waals surface area contributed by atoms with Crippen molar-refractivity contribution in [1.29, 1.82) is 0 Å². The van der Waals surface area contributed by atoms with E-state index in [-0.39, 0.29) is 18.0 Å². The first kappa shape index (κ1) is 13.6. The van der Waals surface area contributed by atoms with Gasteiger partial charge in [-0.25, -0.2) is 5.84 Å². The minimum atomic E-state index is -0.209. The van der Waals surface area contributed by atoms with Gasteiger partial charge in [-0.2, -0.15) is 0 Å². The van der Waals surface area contributed by atoms with E-state index in [1.807, 2.05) is 0 Å². The van der Waals surface area contributed by atoms with Gasteiger partial charge in [-0.15, -0.1) is 0 Å². The van der Waals surface area contributed by atoms with E-state index >= 15 is 0 Å². The van der Waals surface area contributed by atoms with Crippen LogP contribution >= 0.6 is 0 Å². The van der Waals surface area contributed by atoms with Gasteiger partial charge in [0.2, 0.25) is 0 Å². The van der Waals surface area contributed by atoms with E-state index in [4.69, 9.17) is 5.84 Å². The topological polar surface area (TPSA) is 58.4 Å². The van der Waals surface area contributed by atoms with Crippen LogP contribution in [0.15, 0.2) is 24.3 Å². The summed E-state index contributed by atoms with van der Waals surface area (Å²) in [5, 5.41) is 0. The molecule has 3 N–H and O–H groups in total. The fraction of sp³-hybridized carbons (Fsp3) is 0.400. The minimum Gasteiger partial charge on any atom is -0.353 e. The average molecular weight is 259 g/mol. The van der Waals surface area contributed by atoms with Crippen molar-refractivity contribution in [1.82, 2.24) is 5.43 Å². The molecule has 4 nitrogen and oxygen atoms in total. The van der Waals surface area contributed by atoms with Crippen LogP contribution in [0.2, 0.25) is 0 Å². The zero-order chi connectivity index (χ0) is 14.2. The van der Waals surface area contributed by atoms with E-state index in [0.29, 0.717) is 0 Å². The highest BCUT2D eigenvalue weighted by molar-refractivity contribution is 5.87. The SMILES string of the molecule is CC1=CC(C)(C)N(CC(=O)NN)c2ccc(C)cc21. The van der Waals surface area contributed by atoms with Gasteiger partial charge in [-0.1, -0.05) is 17.7 Å². The van der Waals surface area contributed by atoms with Crippen LogP contribution in [0.3, 0.4) is 0 Å². The molecule has 0 radical (unpaired) electrons. The van der Waals surface area contributed by atoms with Crippen molar-refractivity contribution in [2.24, 2.45) is 5.84 Å². The van der Waals surface area contributed by atoms with E-state index in [9.17, 15) is 4.79 Å². The fourth-order valence-electron chi connectivity index (χ4n) is 2.68. The summed E-state index contributed by atoms with van der Waals surface area (Å²) in [4.78, 5) is 13.7. The van der Waals surface area contributed by atoms with Gasteiger partial charge in [0, 0.05) is 11.3 Å². The Bertz CT molecular complexity index is 546. The molecular formula is C15H21N3O. The number of carbonyl (C=O) groups is 1. The Morgan fingerprint density at radius 3 is 2.68 bits per heavy atom. The van der Waals surface area contributed by atoms with E-state index in [2.05, 4.69) is 62.3 Å². The number of nitrogens with one attached hydrogen (secondary N) is 1. The second-order valence-electron chi connectivity index (χ2n) is 5.66. The third kappa shape index (κ3) is 2.49. The molecule has 1 aliphatic rings. The number of carbonyl (C=O) groups excluding carboxylic acids is 1. The first-order chi connectivity index (χ1) is 8.85. The molecule has 0 saturated heterocycles. The molecule has 0 aliphatic carbocycles. The largest absolute Gasteiger partial charge is 0.353 e. The standard InChI is InChI=1S/C15H21N3O/c1-10-5-6-13-12(7-10)11(2)8-15(3,4)18(13)9-14(19)17-16/h5-8H,9,16H2,1-4H3,(H,17,19). The maximum absolute atomic E-state index is 11.6. The quantitative estimate of drug-likeness (QED) is 0.485. The molecule has 1 aromatic carbocycles. The van der Waals surface area contributed by atoms with Gasteiger partial charge in [-0.3, -0.25) is 10.2 Å². The summed E-state index contributed by atoms with van der Waals surface area (Å²) in [6.45, 7) is 8.64. The molecule has 0 spiro atoms. The number of hydrazine groups is 1. The number of fused-ring (bicyclic) bond motifs is 1. The minimum absolute atomic E-state index is 0.187. The molecule has 0 saturated carbocycles. The van der Waals surface area contributed by atoms with Crippen molar-refractivity contribution >= 4 is 17.2 Å². The number of aryl methyl sites for hydroxylation is 1. The highest BCUT2D eigenvalue weighted by Gasteiger charge is 2.32. The summed E-state index contributed by atoms with van der Waals surface area (Å²) >= 11 is 0. The lowest BCUT2D eigenvalue weighted by molar-refractivity contribution is -0.120. The first-order valence-corrected chi connectivity index (χ1v) is 6.43. The monoisotopic (exact) mass is 259 g/mol. The van der Waals surface area contributed by atoms with Gasteiger partial charge in [0.05, 0.1) is 12.1 Å². The molecule has 19 heavy (non-hydrogen) atoms. The van der Waals surface area contributed by atoms with Crippen LogP contribution in [0.5, 0.6) is 0 Å². The number of amides is 1. The molecule has 0 unspecified atom stereocenters. The maximum atomic E-state index is 11.6. The van der Waals surface area contributed by atoms with Crippen molar-refractivity contribution in [2.45, 2.75) is 33.2 Å². The number of hydrogen-bond acceptors (Lipinski definition) is 3. The van der Waals surface area contributed by atoms with E-state index in [1.165, 1.54) is 16.7 Å². The molecule has 1 aromatic rings. The summed E-state index contributed by atoms with van der Waals surface area (Å²) < 4.78 is 0. The van der Waals surface area contributed by atoms with Gasteiger partial charge in [0.25, 0.3) is 5.91 Å². The molecule has 2 rings (SSSR count). The third-order valence-corrected chi connectivity index (χ3v) is 3.60. The second kappa shape index (κ2) is 4.70. The molecular weight excluding hydrogens is 238 g/mol. The molecule has 0 bridgehead atoms. The van der Waals surface area contributed by atoms with Crippen LogP contribution in [-0.4, -0.2) is 18.0 Å². The number of rotatable bonds is 2. The highest BCUT2D eigenvalue weighted by atomic mass is 16.2. The predicted molar refractivity (Wildman–Crippen MR) is 78.6 cm³/mol. The average Bonchev–Trinajstić information content (AvgIpc) is 2.34. The number of nitrogens with two attached hydrogens (primary N) is 1. The Kier molecular flexibility index (Phi) is 3.37. The molecule has 0 fully saturated rings. The zero-order valence-corrected chi connectivity index (χ0v) is 11.9. The lowest BCUT2D eigenvalue weighted by Crippen LogP contribution is -2.51. The lowest BCUT2D eigenvalue weighted by Gasteiger charge is -2.42. The molecule has 1 aliphatic heterocycles. The van der Waals surface area contributed by atoms with E-state index in [0.717, 1.165) is 5.69 Å². The van der Waals surface area contributed by atoms with Crippen LogP contribution in [0.4, 0.5) is 5.69 Å². The first-order valence-electron chi connectivity index (χ1n) is 6.43. The molecule has 1 heterocycles. The van der Waals surface area contributed by atoms with Crippen LogP contribution < -0.4 is 16.2 Å². The smallest absolute Gasteiger partial charge is 0.253 e. The summed E-state index contributed by atoms with van der Waals surface area (Å²) in [7, 11) is 0. The number of nitrogens with zero attached hydrogens (tertiary/aromatic N) is 1. The van der Waals surface area contributed by atoms with Crippen LogP contribution in [0.25, 0.3) is 5.57 Å². The Morgan fingerprint density at radius 1 is 1.37 bits per heavy atom. The van der Waals surface area contributed by atoms with E-state index < -0.39 is 0 Å². The van der Waals surface area contributed by atoms with Gasteiger partial charge in [0.1, 0.15) is 0 Å². The Morgan fingerprint density at radius 2 is 2.05 bits per heavy atom. The number of hydrogen-bond donors (Lipinski definition) is 2. The van der Waals surface area contributed by atoms with Crippen molar-refractivity contribution in [2.75, 3.05) is 11.4 Å². The molecule has 0 atom stereocenters. The lowest BCUT2D eigenvalue weighted by atomic mass is 9.88. The fourth-order valence-corrected chi connectivity index (χ4v) is 2.68. The Hall–Kier alpha value is -1.81. The summed E-state index contributed by atoms with van der Waals surface area (Å²) in [5.74, 6) is 5.02. The zero-order valence-electron chi connectivity index (χ0n) is 11.9. The van der Waals surface area contributed by atoms with Crippen molar-refractivity contribution in [3.63, 3.8) is 0 Å². The molecule has 4 heteroatoms. The van der Waals surface area contributed by atoms with Gasteiger partial charge in [0.15, 0.2) is 0 Å². The van der Waals surface area contributed by atoms with Crippen molar-refractivity contribution in [3.05, 3.63) is 35.4 Å². The summed E-state index contributed by atoms with van der Waals surface area (Å²) in [6, 6.07) is 6.30. The number of benzene rings is 1. The van der Waals surface area contributed by atoms with Gasteiger partial charge in [-0.05, 0) is 45.4 Å². The van der Waals surface area contributed by atoms with Crippen LogP contribution in [0.1, 0.15) is 31.9 Å². The second-order valence-corrected chi connectivity index (χ2v) is 5.66. The molecule has 0 aromatic heterocycles. The normalized spacial score (nSPS) is 16.7. The predicted octanol–water partition coefficient (Wildman–Crippen LogP) is 1.99.